The van der Waals surface area contributed by atoms with Crippen molar-refractivity contribution in [3.05, 3.63) is 29.3 Å². The number of rotatable bonds is 2. The normalized spacial score (nSPS) is 23.6. The molecule has 1 fully saturated rings. The molecule has 4 N–H and O–H groups in total. The minimum absolute atomic E-state index is 0.0155. The van der Waals surface area contributed by atoms with Crippen molar-refractivity contribution < 1.29 is 9.90 Å². The number of nitrogens with two attached hydrogens (primary N) is 1. The van der Waals surface area contributed by atoms with Crippen LogP contribution in [-0.2, 0) is 0 Å². The van der Waals surface area contributed by atoms with Gasteiger partial charge in [0.2, 0.25) is 0 Å². The molecule has 1 aliphatic carbocycles. The molecule has 80 valence electrons. The number of carbonyl (C=O) groups is 1. The molecular formula is C11H14N2O2. The van der Waals surface area contributed by atoms with Gasteiger partial charge >= 0.3 is 0 Å². The Morgan fingerprint density at radius 1 is 1.60 bits per heavy atom. The van der Waals surface area contributed by atoms with E-state index in [0.717, 1.165) is 12.0 Å². The SMILES string of the molecule is Cc1ccc(C(=O)NC2CC2N)c(O)c1. The Balaban J connectivity index is 2.11. The number of hydrogen-bond acceptors (Lipinski definition) is 3. The van der Waals surface area contributed by atoms with Gasteiger partial charge < -0.3 is 16.2 Å². The molecule has 1 aromatic rings. The number of phenolic OH excluding ortho intramolecular Hbond substituents is 1. The van der Waals surface area contributed by atoms with Gasteiger partial charge in [-0.1, -0.05) is 6.07 Å². The third kappa shape index (κ3) is 2.10. The molecule has 4 heteroatoms. The summed E-state index contributed by atoms with van der Waals surface area (Å²) in [6, 6.07) is 5.12. The molecule has 0 bridgehead atoms. The largest absolute Gasteiger partial charge is 0.507 e. The van der Waals surface area contributed by atoms with Crippen molar-refractivity contribution in [2.75, 3.05) is 0 Å². The van der Waals surface area contributed by atoms with Crippen LogP contribution < -0.4 is 11.1 Å². The van der Waals surface area contributed by atoms with E-state index in [9.17, 15) is 9.90 Å². The summed E-state index contributed by atoms with van der Waals surface area (Å²) in [5.41, 5.74) is 6.81. The van der Waals surface area contributed by atoms with Crippen LogP contribution in [0.4, 0.5) is 0 Å². The number of amides is 1. The Labute approximate surface area is 88.1 Å². The topological polar surface area (TPSA) is 75.4 Å². The van der Waals surface area contributed by atoms with Crippen LogP contribution in [0.5, 0.6) is 5.75 Å². The van der Waals surface area contributed by atoms with Crippen LogP contribution in [0.15, 0.2) is 18.2 Å². The smallest absolute Gasteiger partial charge is 0.255 e. The minimum atomic E-state index is -0.259. The maximum atomic E-state index is 11.6. The van der Waals surface area contributed by atoms with Crippen molar-refractivity contribution in [3.8, 4) is 5.75 Å². The number of aryl methyl sites for hydroxylation is 1. The molecule has 0 spiro atoms. The molecule has 0 radical (unpaired) electrons. The van der Waals surface area contributed by atoms with Crippen molar-refractivity contribution in [1.29, 1.82) is 0 Å². The lowest BCUT2D eigenvalue weighted by Gasteiger charge is -2.06. The van der Waals surface area contributed by atoms with E-state index in [1.54, 1.807) is 18.2 Å². The van der Waals surface area contributed by atoms with E-state index < -0.39 is 0 Å². The minimum Gasteiger partial charge on any atom is -0.507 e. The second-order valence-electron chi connectivity index (χ2n) is 4.00. The van der Waals surface area contributed by atoms with Gasteiger partial charge in [0.15, 0.2) is 0 Å². The van der Waals surface area contributed by atoms with Crippen molar-refractivity contribution in [2.24, 2.45) is 5.73 Å². The first kappa shape index (κ1) is 9.98. The lowest BCUT2D eigenvalue weighted by Crippen LogP contribution is -2.29. The summed E-state index contributed by atoms with van der Waals surface area (Å²) < 4.78 is 0. The molecule has 1 aliphatic rings. The third-order valence-electron chi connectivity index (χ3n) is 2.55. The monoisotopic (exact) mass is 206 g/mol. The highest BCUT2D eigenvalue weighted by molar-refractivity contribution is 5.97. The fourth-order valence-corrected chi connectivity index (χ4v) is 1.46. The fourth-order valence-electron chi connectivity index (χ4n) is 1.46. The number of aromatic hydroxyl groups is 1. The van der Waals surface area contributed by atoms with Gasteiger partial charge in [-0.05, 0) is 31.0 Å². The third-order valence-corrected chi connectivity index (χ3v) is 2.55. The highest BCUT2D eigenvalue weighted by atomic mass is 16.3. The number of hydrogen-bond donors (Lipinski definition) is 3. The first-order chi connectivity index (χ1) is 7.08. The van der Waals surface area contributed by atoms with Gasteiger partial charge in [0.25, 0.3) is 5.91 Å². The van der Waals surface area contributed by atoms with E-state index in [-0.39, 0.29) is 23.7 Å². The van der Waals surface area contributed by atoms with Gasteiger partial charge in [-0.3, -0.25) is 4.79 Å². The zero-order chi connectivity index (χ0) is 11.0. The molecule has 1 amide bonds. The Morgan fingerprint density at radius 3 is 2.80 bits per heavy atom. The quantitative estimate of drug-likeness (QED) is 0.660. The molecule has 1 aromatic carbocycles. The number of nitrogens with one attached hydrogen (secondary N) is 1. The first-order valence-electron chi connectivity index (χ1n) is 4.94. The van der Waals surface area contributed by atoms with Gasteiger partial charge in [0.05, 0.1) is 5.56 Å². The number of phenols is 1. The van der Waals surface area contributed by atoms with Crippen LogP contribution in [0.1, 0.15) is 22.3 Å². The van der Waals surface area contributed by atoms with E-state index >= 15 is 0 Å². The molecule has 0 saturated heterocycles. The van der Waals surface area contributed by atoms with Crippen LogP contribution in [0, 0.1) is 6.92 Å². The summed E-state index contributed by atoms with van der Waals surface area (Å²) in [5.74, 6) is -0.243. The van der Waals surface area contributed by atoms with E-state index in [0.29, 0.717) is 5.56 Å². The zero-order valence-corrected chi connectivity index (χ0v) is 8.53. The predicted molar refractivity (Wildman–Crippen MR) is 56.7 cm³/mol. The fraction of sp³-hybridized carbons (Fsp3) is 0.364. The Kier molecular flexibility index (Phi) is 2.36. The van der Waals surface area contributed by atoms with Crippen molar-refractivity contribution in [1.82, 2.24) is 5.32 Å². The van der Waals surface area contributed by atoms with Gasteiger partial charge in [-0.2, -0.15) is 0 Å². The van der Waals surface area contributed by atoms with Crippen molar-refractivity contribution >= 4 is 5.91 Å². The van der Waals surface area contributed by atoms with Crippen molar-refractivity contribution in [3.63, 3.8) is 0 Å². The Bertz CT molecular complexity index is 404. The summed E-state index contributed by atoms with van der Waals surface area (Å²) in [4.78, 5) is 11.6. The van der Waals surface area contributed by atoms with Crippen LogP contribution in [0.3, 0.4) is 0 Å². The maximum Gasteiger partial charge on any atom is 0.255 e. The van der Waals surface area contributed by atoms with E-state index in [2.05, 4.69) is 5.32 Å². The first-order valence-corrected chi connectivity index (χ1v) is 4.94. The molecule has 0 heterocycles. The molecule has 2 rings (SSSR count). The van der Waals surface area contributed by atoms with E-state index in [4.69, 9.17) is 5.73 Å². The lowest BCUT2D eigenvalue weighted by atomic mass is 10.1. The second kappa shape index (κ2) is 3.55. The van der Waals surface area contributed by atoms with Crippen molar-refractivity contribution in [2.45, 2.75) is 25.4 Å². The average molecular weight is 206 g/mol. The van der Waals surface area contributed by atoms with E-state index in [1.807, 2.05) is 6.92 Å². The van der Waals surface area contributed by atoms with Crippen LogP contribution in [0.25, 0.3) is 0 Å². The molecular weight excluding hydrogens is 192 g/mol. The molecule has 2 atom stereocenters. The summed E-state index contributed by atoms with van der Waals surface area (Å²) in [5, 5.41) is 12.3. The molecule has 0 aliphatic heterocycles. The summed E-state index contributed by atoms with van der Waals surface area (Å²) in [6.45, 7) is 1.86. The second-order valence-corrected chi connectivity index (χ2v) is 4.00. The van der Waals surface area contributed by atoms with Gasteiger partial charge in [-0.25, -0.2) is 0 Å². The Morgan fingerprint density at radius 2 is 2.27 bits per heavy atom. The van der Waals surface area contributed by atoms with Gasteiger partial charge in [0.1, 0.15) is 5.75 Å². The summed E-state index contributed by atoms with van der Waals surface area (Å²) in [6.07, 6.45) is 0.818. The Hall–Kier alpha value is -1.55. The highest BCUT2D eigenvalue weighted by Crippen LogP contribution is 2.22. The maximum absolute atomic E-state index is 11.6. The number of benzene rings is 1. The van der Waals surface area contributed by atoms with Gasteiger partial charge in [0, 0.05) is 12.1 Å². The molecule has 1 saturated carbocycles. The van der Waals surface area contributed by atoms with Crippen LogP contribution >= 0.6 is 0 Å². The number of carbonyl (C=O) groups excluding carboxylic acids is 1. The molecule has 0 aromatic heterocycles. The molecule has 4 nitrogen and oxygen atoms in total. The zero-order valence-electron chi connectivity index (χ0n) is 8.53. The molecule has 15 heavy (non-hydrogen) atoms. The van der Waals surface area contributed by atoms with Crippen LogP contribution in [-0.4, -0.2) is 23.1 Å². The summed E-state index contributed by atoms with van der Waals surface area (Å²) >= 11 is 0. The van der Waals surface area contributed by atoms with E-state index in [1.165, 1.54) is 0 Å². The van der Waals surface area contributed by atoms with Gasteiger partial charge in [-0.15, -0.1) is 0 Å². The molecule has 2 unspecified atom stereocenters. The standard InChI is InChI=1S/C11H14N2O2/c1-6-2-3-7(10(14)4-6)11(15)13-9-5-8(9)12/h2-4,8-9,14H,5,12H2,1H3,(H,13,15). The van der Waals surface area contributed by atoms with Crippen LogP contribution in [0.2, 0.25) is 0 Å². The average Bonchev–Trinajstić information content (AvgIpc) is 2.81. The highest BCUT2D eigenvalue weighted by Gasteiger charge is 2.35. The summed E-state index contributed by atoms with van der Waals surface area (Å²) in [7, 11) is 0. The lowest BCUT2D eigenvalue weighted by molar-refractivity contribution is 0.0947. The predicted octanol–water partition coefficient (Wildman–Crippen LogP) is 0.530.